The summed E-state index contributed by atoms with van der Waals surface area (Å²) in [5.41, 5.74) is 4.22. The molecule has 4 heteroatoms. The highest BCUT2D eigenvalue weighted by Crippen LogP contribution is 2.68. The molecule has 35 heavy (non-hydrogen) atoms. The number of hydrogen-bond donors (Lipinski definition) is 2. The van der Waals surface area contributed by atoms with Crippen LogP contribution in [0.25, 0.3) is 0 Å². The van der Waals surface area contributed by atoms with E-state index in [0.29, 0.717) is 23.4 Å². The average Bonchev–Trinajstić information content (AvgIpc) is 3.32. The maximum Gasteiger partial charge on any atom is 0.0402 e. The minimum atomic E-state index is 0.0914. The summed E-state index contributed by atoms with van der Waals surface area (Å²) >= 11 is 0. The molecular formula is C31H52N2P2. The molecule has 4 saturated carbocycles. The van der Waals surface area contributed by atoms with Crippen LogP contribution in [0.15, 0.2) is 23.3 Å². The fraction of sp³-hybridized carbons (Fsp3) is 0.871. The van der Waals surface area contributed by atoms with Crippen molar-refractivity contribution in [2.24, 2.45) is 40.4 Å². The smallest absolute Gasteiger partial charge is 0.0402 e. The van der Waals surface area contributed by atoms with E-state index in [1.807, 2.05) is 5.57 Å². The lowest BCUT2D eigenvalue weighted by Gasteiger charge is -2.63. The summed E-state index contributed by atoms with van der Waals surface area (Å²) in [5.74, 6) is 4.40. The van der Waals surface area contributed by atoms with Crippen LogP contribution in [0.3, 0.4) is 0 Å². The lowest BCUT2D eigenvalue weighted by Crippen LogP contribution is -2.63. The van der Waals surface area contributed by atoms with Crippen molar-refractivity contribution in [2.75, 3.05) is 19.3 Å². The van der Waals surface area contributed by atoms with E-state index < -0.39 is 0 Å². The van der Waals surface area contributed by atoms with Gasteiger partial charge in [-0.05, 0) is 117 Å². The largest absolute Gasteiger partial charge is 0.313 e. The summed E-state index contributed by atoms with van der Waals surface area (Å²) in [7, 11) is 6.86. The zero-order chi connectivity index (χ0) is 24.4. The summed E-state index contributed by atoms with van der Waals surface area (Å²) in [6.45, 7) is 9.78. The summed E-state index contributed by atoms with van der Waals surface area (Å²) < 4.78 is 0. The van der Waals surface area contributed by atoms with E-state index in [1.54, 1.807) is 5.57 Å². The van der Waals surface area contributed by atoms with E-state index in [-0.39, 0.29) is 10.6 Å². The SMILES string of the molecule is CC(C)(C)C1C=C(C(P)(C2CCCCN2)C2CCCCN2)C(C2(CP)C3CC4CC(C3)CC2C4)=C1. The van der Waals surface area contributed by atoms with Crippen LogP contribution in [0.1, 0.15) is 91.4 Å². The molecule has 0 aromatic rings. The molecule has 2 heterocycles. The normalized spacial score (nSPS) is 45.2. The Morgan fingerprint density at radius 3 is 1.80 bits per heavy atom. The zero-order valence-electron chi connectivity index (χ0n) is 22.8. The summed E-state index contributed by atoms with van der Waals surface area (Å²) in [4.78, 5) is 0. The molecule has 4 bridgehead atoms. The third kappa shape index (κ3) is 4.10. The van der Waals surface area contributed by atoms with Crippen molar-refractivity contribution in [1.82, 2.24) is 10.6 Å². The first kappa shape index (κ1) is 25.5. The van der Waals surface area contributed by atoms with Gasteiger partial charge in [0.15, 0.2) is 0 Å². The molecule has 5 unspecified atom stereocenters. The van der Waals surface area contributed by atoms with Crippen LogP contribution in [0.2, 0.25) is 0 Å². The molecule has 5 atom stereocenters. The second-order valence-electron chi connectivity index (χ2n) is 14.5. The monoisotopic (exact) mass is 514 g/mol. The van der Waals surface area contributed by atoms with Crippen LogP contribution in [0.4, 0.5) is 0 Å². The standard InChI is InChI=1S/C31H52N2P2/c1-29(2,3)22-17-25(30(19-34)23-13-20-12-21(15-23)16-24(30)14-20)26(18-22)31(35,27-8-4-6-10-32-27)28-9-5-7-11-33-28/h17-18,20-24,27-28,32-33H,4-16,19,34-35H2,1-3H3. The molecule has 0 amide bonds. The van der Waals surface area contributed by atoms with Crippen LogP contribution in [0, 0.1) is 40.4 Å². The highest BCUT2D eigenvalue weighted by molar-refractivity contribution is 7.19. The Labute approximate surface area is 220 Å². The Hall–Kier alpha value is 0.260. The molecule has 7 aliphatic rings. The molecule has 196 valence electrons. The zero-order valence-corrected chi connectivity index (χ0v) is 25.1. The molecule has 0 radical (unpaired) electrons. The first-order valence-electron chi connectivity index (χ1n) is 15.2. The van der Waals surface area contributed by atoms with Gasteiger partial charge in [-0.15, -0.1) is 18.5 Å². The molecule has 0 aromatic heterocycles. The quantitative estimate of drug-likeness (QED) is 0.398. The van der Waals surface area contributed by atoms with Crippen LogP contribution in [-0.2, 0) is 0 Å². The first-order chi connectivity index (χ1) is 16.8. The van der Waals surface area contributed by atoms with Crippen molar-refractivity contribution in [1.29, 1.82) is 0 Å². The third-order valence-electron chi connectivity index (χ3n) is 11.7. The van der Waals surface area contributed by atoms with Gasteiger partial charge < -0.3 is 10.6 Å². The van der Waals surface area contributed by atoms with Gasteiger partial charge in [-0.3, -0.25) is 0 Å². The molecule has 6 fully saturated rings. The molecule has 2 saturated heterocycles. The Bertz CT molecular complexity index is 810. The number of allylic oxidation sites excluding steroid dienone is 3. The molecule has 2 N–H and O–H groups in total. The van der Waals surface area contributed by atoms with Gasteiger partial charge in [0.2, 0.25) is 0 Å². The molecule has 0 spiro atoms. The van der Waals surface area contributed by atoms with Crippen LogP contribution in [0.5, 0.6) is 0 Å². The van der Waals surface area contributed by atoms with Gasteiger partial charge in [0.25, 0.3) is 0 Å². The third-order valence-corrected chi connectivity index (χ3v) is 13.4. The number of piperidine rings is 2. The highest BCUT2D eigenvalue weighted by atomic mass is 31.0. The predicted molar refractivity (Wildman–Crippen MR) is 157 cm³/mol. The second kappa shape index (κ2) is 9.47. The molecular weight excluding hydrogens is 462 g/mol. The van der Waals surface area contributed by atoms with Gasteiger partial charge in [0.1, 0.15) is 0 Å². The van der Waals surface area contributed by atoms with E-state index in [0.717, 1.165) is 23.7 Å². The summed E-state index contributed by atoms with van der Waals surface area (Å²) in [6.07, 6.45) is 22.5. The summed E-state index contributed by atoms with van der Waals surface area (Å²) in [5, 5.41) is 8.24. The Morgan fingerprint density at radius 2 is 1.37 bits per heavy atom. The highest BCUT2D eigenvalue weighted by Gasteiger charge is 2.61. The van der Waals surface area contributed by atoms with E-state index in [4.69, 9.17) is 0 Å². The minimum absolute atomic E-state index is 0.0914. The number of nitrogens with one attached hydrogen (secondary N) is 2. The van der Waals surface area contributed by atoms with Crippen molar-refractivity contribution in [2.45, 2.75) is 109 Å². The van der Waals surface area contributed by atoms with E-state index in [9.17, 15) is 0 Å². The van der Waals surface area contributed by atoms with E-state index in [1.165, 1.54) is 89.9 Å². The van der Waals surface area contributed by atoms with Crippen molar-refractivity contribution in [3.63, 3.8) is 0 Å². The molecule has 7 rings (SSSR count). The van der Waals surface area contributed by atoms with Crippen molar-refractivity contribution in [3.8, 4) is 0 Å². The minimum Gasteiger partial charge on any atom is -0.313 e. The second-order valence-corrected chi connectivity index (χ2v) is 15.9. The number of rotatable bonds is 5. The Balaban J connectivity index is 1.48. The first-order valence-corrected chi connectivity index (χ1v) is 16.6. The topological polar surface area (TPSA) is 24.1 Å². The van der Waals surface area contributed by atoms with Gasteiger partial charge in [0.05, 0.1) is 0 Å². The van der Waals surface area contributed by atoms with Gasteiger partial charge in [0, 0.05) is 28.6 Å². The predicted octanol–water partition coefficient (Wildman–Crippen LogP) is 6.73. The molecule has 2 aliphatic heterocycles. The average molecular weight is 515 g/mol. The van der Waals surface area contributed by atoms with Gasteiger partial charge in [-0.2, -0.15) is 0 Å². The summed E-state index contributed by atoms with van der Waals surface area (Å²) in [6, 6.07) is 1.12. The lowest BCUT2D eigenvalue weighted by molar-refractivity contribution is -0.0739. The van der Waals surface area contributed by atoms with Crippen molar-refractivity contribution >= 4 is 18.5 Å². The van der Waals surface area contributed by atoms with Crippen LogP contribution in [-0.4, -0.2) is 36.5 Å². The van der Waals surface area contributed by atoms with Crippen molar-refractivity contribution in [3.05, 3.63) is 23.3 Å². The van der Waals surface area contributed by atoms with Gasteiger partial charge >= 0.3 is 0 Å². The molecule has 2 nitrogen and oxygen atoms in total. The van der Waals surface area contributed by atoms with E-state index >= 15 is 0 Å². The number of hydrogen-bond acceptors (Lipinski definition) is 2. The maximum atomic E-state index is 4.07. The van der Waals surface area contributed by atoms with Gasteiger partial charge in [-0.25, -0.2) is 0 Å². The maximum absolute atomic E-state index is 4.07. The molecule has 5 aliphatic carbocycles. The Morgan fingerprint density at radius 1 is 0.829 bits per heavy atom. The fourth-order valence-electron chi connectivity index (χ4n) is 9.92. The fourth-order valence-corrected chi connectivity index (χ4v) is 11.6. The Kier molecular flexibility index (Phi) is 6.91. The van der Waals surface area contributed by atoms with Crippen LogP contribution >= 0.6 is 18.5 Å². The molecule has 0 aromatic carbocycles. The van der Waals surface area contributed by atoms with Crippen molar-refractivity contribution < 1.29 is 0 Å². The van der Waals surface area contributed by atoms with Crippen LogP contribution < -0.4 is 10.6 Å². The van der Waals surface area contributed by atoms with E-state index in [2.05, 4.69) is 62.0 Å². The lowest BCUT2D eigenvalue weighted by atomic mass is 9.43. The van der Waals surface area contributed by atoms with Gasteiger partial charge in [-0.1, -0.05) is 45.8 Å².